The topological polar surface area (TPSA) is 24.9 Å². The first kappa shape index (κ1) is 11.7. The molecule has 0 aliphatic heterocycles. The summed E-state index contributed by atoms with van der Waals surface area (Å²) in [4.78, 5) is 4.42. The third-order valence-electron chi connectivity index (χ3n) is 2.89. The molecule has 3 rings (SSSR count). The van der Waals surface area contributed by atoms with Crippen LogP contribution in [0.3, 0.4) is 0 Å². The summed E-state index contributed by atoms with van der Waals surface area (Å²) in [6.45, 7) is 0.749. The van der Waals surface area contributed by atoms with Gasteiger partial charge in [0.1, 0.15) is 5.01 Å². The van der Waals surface area contributed by atoms with Crippen LogP contribution in [-0.4, -0.2) is 11.0 Å². The van der Waals surface area contributed by atoms with Crippen molar-refractivity contribution in [1.29, 1.82) is 0 Å². The summed E-state index contributed by atoms with van der Waals surface area (Å²) < 4.78 is 26.0. The Morgan fingerprint density at radius 2 is 2.11 bits per heavy atom. The van der Waals surface area contributed by atoms with Gasteiger partial charge >= 0.3 is 0 Å². The summed E-state index contributed by atoms with van der Waals surface area (Å²) in [5.74, 6) is -1.66. The Balaban J connectivity index is 1.76. The van der Waals surface area contributed by atoms with Crippen LogP contribution in [0.1, 0.15) is 17.8 Å². The molecule has 5 heteroatoms. The average Bonchev–Trinajstić information content (AvgIpc) is 3.08. The van der Waals surface area contributed by atoms with Crippen LogP contribution in [0.5, 0.6) is 0 Å². The normalized spacial score (nSPS) is 15.0. The molecule has 2 nitrogen and oxygen atoms in total. The lowest BCUT2D eigenvalue weighted by Crippen LogP contribution is -2.14. The molecule has 1 fully saturated rings. The van der Waals surface area contributed by atoms with Gasteiger partial charge in [-0.15, -0.1) is 11.3 Å². The average molecular weight is 266 g/mol. The van der Waals surface area contributed by atoms with Gasteiger partial charge < -0.3 is 5.32 Å². The highest BCUT2D eigenvalue weighted by Gasteiger charge is 2.20. The largest absolute Gasteiger partial charge is 0.308 e. The predicted molar refractivity (Wildman–Crippen MR) is 67.3 cm³/mol. The number of rotatable bonds is 4. The van der Waals surface area contributed by atoms with E-state index in [9.17, 15) is 8.78 Å². The van der Waals surface area contributed by atoms with Crippen LogP contribution in [0, 0.1) is 11.6 Å². The first-order valence-corrected chi connectivity index (χ1v) is 6.73. The van der Waals surface area contributed by atoms with Crippen molar-refractivity contribution in [2.24, 2.45) is 0 Å². The molecule has 1 aliphatic rings. The van der Waals surface area contributed by atoms with Gasteiger partial charge in [-0.05, 0) is 31.0 Å². The smallest absolute Gasteiger partial charge is 0.159 e. The lowest BCUT2D eigenvalue weighted by Gasteiger charge is -1.99. The highest BCUT2D eigenvalue weighted by Crippen LogP contribution is 2.24. The Kier molecular flexibility index (Phi) is 3.09. The third-order valence-corrected chi connectivity index (χ3v) is 3.74. The molecule has 0 amide bonds. The van der Waals surface area contributed by atoms with Crippen LogP contribution in [0.15, 0.2) is 23.6 Å². The molecule has 0 saturated heterocycles. The lowest BCUT2D eigenvalue weighted by molar-refractivity contribution is 0.509. The highest BCUT2D eigenvalue weighted by atomic mass is 32.1. The van der Waals surface area contributed by atoms with Crippen molar-refractivity contribution in [2.75, 3.05) is 0 Å². The zero-order valence-electron chi connectivity index (χ0n) is 9.62. The van der Waals surface area contributed by atoms with Crippen LogP contribution in [0.4, 0.5) is 8.78 Å². The van der Waals surface area contributed by atoms with Crippen molar-refractivity contribution in [2.45, 2.75) is 25.4 Å². The number of aromatic nitrogens is 1. The van der Waals surface area contributed by atoms with E-state index in [2.05, 4.69) is 10.3 Å². The molecule has 0 unspecified atom stereocenters. The predicted octanol–water partition coefficient (Wildman–Crippen LogP) is 3.34. The van der Waals surface area contributed by atoms with Gasteiger partial charge in [-0.3, -0.25) is 0 Å². The number of hydrogen-bond donors (Lipinski definition) is 1. The zero-order valence-corrected chi connectivity index (χ0v) is 10.4. The second kappa shape index (κ2) is 4.74. The molecule has 94 valence electrons. The molecule has 1 aromatic heterocycles. The zero-order chi connectivity index (χ0) is 12.5. The highest BCUT2D eigenvalue weighted by molar-refractivity contribution is 7.09. The van der Waals surface area contributed by atoms with E-state index in [1.54, 1.807) is 6.07 Å². The second-order valence-electron chi connectivity index (χ2n) is 4.41. The minimum Gasteiger partial charge on any atom is -0.308 e. The van der Waals surface area contributed by atoms with Crippen molar-refractivity contribution in [3.05, 3.63) is 40.2 Å². The first-order valence-electron chi connectivity index (χ1n) is 5.85. The van der Waals surface area contributed by atoms with Gasteiger partial charge in [-0.2, -0.15) is 0 Å². The number of thiazole rings is 1. The van der Waals surface area contributed by atoms with Crippen LogP contribution < -0.4 is 5.32 Å². The summed E-state index contributed by atoms with van der Waals surface area (Å²) in [6.07, 6.45) is 2.48. The molecule has 0 bridgehead atoms. The van der Waals surface area contributed by atoms with E-state index in [0.29, 0.717) is 17.3 Å². The molecular formula is C13H12F2N2S. The van der Waals surface area contributed by atoms with Gasteiger partial charge in [-0.1, -0.05) is 0 Å². The lowest BCUT2D eigenvalue weighted by atomic mass is 10.2. The van der Waals surface area contributed by atoms with E-state index in [1.807, 2.05) is 5.38 Å². The standard InChI is InChI=1S/C13H12F2N2S/c14-10-4-1-8(5-11(10)15)12-7-18-13(17-12)6-16-9-2-3-9/h1,4-5,7,9,16H,2-3,6H2. The Hall–Kier alpha value is -1.33. The Labute approximate surface area is 108 Å². The second-order valence-corrected chi connectivity index (χ2v) is 5.35. The molecule has 18 heavy (non-hydrogen) atoms. The van der Waals surface area contributed by atoms with Gasteiger partial charge in [0.25, 0.3) is 0 Å². The molecule has 0 spiro atoms. The van der Waals surface area contributed by atoms with E-state index in [-0.39, 0.29) is 0 Å². The van der Waals surface area contributed by atoms with E-state index < -0.39 is 11.6 Å². The van der Waals surface area contributed by atoms with Crippen molar-refractivity contribution >= 4 is 11.3 Å². The van der Waals surface area contributed by atoms with Crippen LogP contribution >= 0.6 is 11.3 Å². The molecule has 1 aliphatic carbocycles. The number of nitrogens with zero attached hydrogens (tertiary/aromatic N) is 1. The minimum absolute atomic E-state index is 0.614. The van der Waals surface area contributed by atoms with Crippen molar-refractivity contribution in [1.82, 2.24) is 10.3 Å². The molecule has 0 atom stereocenters. The SMILES string of the molecule is Fc1ccc(-c2csc(CNC3CC3)n2)cc1F. The van der Waals surface area contributed by atoms with Gasteiger partial charge in [0.2, 0.25) is 0 Å². The monoisotopic (exact) mass is 266 g/mol. The summed E-state index contributed by atoms with van der Waals surface area (Å²) in [6, 6.07) is 4.50. The summed E-state index contributed by atoms with van der Waals surface area (Å²) in [5.41, 5.74) is 1.31. The van der Waals surface area contributed by atoms with Gasteiger partial charge in [0.15, 0.2) is 11.6 Å². The van der Waals surface area contributed by atoms with Gasteiger partial charge in [0.05, 0.1) is 5.69 Å². The maximum Gasteiger partial charge on any atom is 0.159 e. The fourth-order valence-corrected chi connectivity index (χ4v) is 2.45. The Bertz CT molecular complexity index is 564. The summed E-state index contributed by atoms with van der Waals surface area (Å²) in [7, 11) is 0. The van der Waals surface area contributed by atoms with Crippen LogP contribution in [0.2, 0.25) is 0 Å². The van der Waals surface area contributed by atoms with Crippen molar-refractivity contribution < 1.29 is 8.78 Å². The van der Waals surface area contributed by atoms with E-state index in [1.165, 1.54) is 30.2 Å². The number of halogens is 2. The quantitative estimate of drug-likeness (QED) is 0.918. The van der Waals surface area contributed by atoms with Gasteiger partial charge in [0, 0.05) is 23.5 Å². The van der Waals surface area contributed by atoms with Crippen molar-refractivity contribution in [3.63, 3.8) is 0 Å². The molecule has 2 aromatic rings. The summed E-state index contributed by atoms with van der Waals surface area (Å²) >= 11 is 1.53. The van der Waals surface area contributed by atoms with Crippen LogP contribution in [0.25, 0.3) is 11.3 Å². The Morgan fingerprint density at radius 1 is 1.28 bits per heavy atom. The maximum atomic E-state index is 13.1. The Morgan fingerprint density at radius 3 is 2.83 bits per heavy atom. The van der Waals surface area contributed by atoms with Gasteiger partial charge in [-0.25, -0.2) is 13.8 Å². The maximum absolute atomic E-state index is 13.1. The molecule has 1 N–H and O–H groups in total. The first-order chi connectivity index (χ1) is 8.72. The van der Waals surface area contributed by atoms with E-state index in [0.717, 1.165) is 17.6 Å². The molecular weight excluding hydrogens is 254 g/mol. The fourth-order valence-electron chi connectivity index (χ4n) is 1.70. The third kappa shape index (κ3) is 2.57. The molecule has 0 radical (unpaired) electrons. The summed E-state index contributed by atoms with van der Waals surface area (Å²) in [5, 5.41) is 6.22. The number of nitrogens with one attached hydrogen (secondary N) is 1. The minimum atomic E-state index is -0.835. The van der Waals surface area contributed by atoms with E-state index in [4.69, 9.17) is 0 Å². The molecule has 1 heterocycles. The fraction of sp³-hybridized carbons (Fsp3) is 0.308. The molecule has 1 saturated carbocycles. The molecule has 1 aromatic carbocycles. The number of hydrogen-bond acceptors (Lipinski definition) is 3. The van der Waals surface area contributed by atoms with E-state index >= 15 is 0 Å². The number of benzene rings is 1. The van der Waals surface area contributed by atoms with Crippen molar-refractivity contribution in [3.8, 4) is 11.3 Å². The van der Waals surface area contributed by atoms with Crippen LogP contribution in [-0.2, 0) is 6.54 Å².